The number of nitrogens with one attached hydrogen (secondary N) is 1. The second-order valence-corrected chi connectivity index (χ2v) is 23.2. The minimum Gasteiger partial charge on any atom is -0.466 e. The highest BCUT2D eigenvalue weighted by Crippen LogP contribution is 2.19. The molecule has 2 unspecified atom stereocenters. The Balaban J connectivity index is 3.35. The lowest BCUT2D eigenvalue weighted by atomic mass is 10.0. The van der Waals surface area contributed by atoms with Crippen LogP contribution in [0.3, 0.4) is 0 Å². The third-order valence-electron chi connectivity index (χ3n) is 15.9. The van der Waals surface area contributed by atoms with Gasteiger partial charge in [0.25, 0.3) is 0 Å². The van der Waals surface area contributed by atoms with Gasteiger partial charge in [0.05, 0.1) is 25.4 Å². The fourth-order valence-corrected chi connectivity index (χ4v) is 10.8. The predicted molar refractivity (Wildman–Crippen MR) is 315 cm³/mol. The van der Waals surface area contributed by atoms with Crippen LogP contribution in [0.4, 0.5) is 0 Å². The van der Waals surface area contributed by atoms with E-state index in [2.05, 4.69) is 19.2 Å². The number of hydrogen-bond acceptors (Lipinski definition) is 5. The summed E-state index contributed by atoms with van der Waals surface area (Å²) in [5.74, 6) is -0.0105. The second-order valence-electron chi connectivity index (χ2n) is 23.2. The van der Waals surface area contributed by atoms with Crippen molar-refractivity contribution in [2.75, 3.05) is 13.2 Å². The minimum absolute atomic E-state index is 0.0182. The molecule has 0 bridgehead atoms. The molecule has 0 heterocycles. The monoisotopic (exact) mass is 1020 g/mol. The van der Waals surface area contributed by atoms with Gasteiger partial charge in [0.1, 0.15) is 0 Å². The fraction of sp³-hybridized carbons (Fsp3) is 0.970. The van der Waals surface area contributed by atoms with E-state index >= 15 is 0 Å². The normalized spacial score (nSPS) is 12.4. The lowest BCUT2D eigenvalue weighted by molar-refractivity contribution is -0.143. The van der Waals surface area contributed by atoms with Crippen molar-refractivity contribution in [3.63, 3.8) is 0 Å². The molecule has 0 aromatic heterocycles. The second kappa shape index (κ2) is 62.4. The number of aliphatic hydroxyl groups excluding tert-OH is 2. The molecule has 6 heteroatoms. The van der Waals surface area contributed by atoms with Gasteiger partial charge >= 0.3 is 5.97 Å². The molecule has 0 aromatic rings. The number of carbonyl (C=O) groups excluding carboxylic acids is 2. The maximum absolute atomic E-state index is 12.5. The first-order valence-electron chi connectivity index (χ1n) is 33.3. The van der Waals surface area contributed by atoms with Crippen LogP contribution in [0.5, 0.6) is 0 Å². The first-order valence-corrected chi connectivity index (χ1v) is 33.3. The number of esters is 1. The molecule has 0 aromatic carbocycles. The molecule has 3 N–H and O–H groups in total. The topological polar surface area (TPSA) is 95.9 Å². The van der Waals surface area contributed by atoms with E-state index in [9.17, 15) is 19.8 Å². The number of ether oxygens (including phenoxy) is 1. The lowest BCUT2D eigenvalue weighted by Gasteiger charge is -2.22. The van der Waals surface area contributed by atoms with Crippen molar-refractivity contribution in [2.45, 2.75) is 398 Å². The minimum atomic E-state index is -0.662. The van der Waals surface area contributed by atoms with Gasteiger partial charge < -0.3 is 20.3 Å². The average Bonchev–Trinajstić information content (AvgIpc) is 3.38. The predicted octanol–water partition coefficient (Wildman–Crippen LogP) is 21.0. The van der Waals surface area contributed by atoms with E-state index in [1.165, 1.54) is 315 Å². The van der Waals surface area contributed by atoms with Crippen molar-refractivity contribution in [3.05, 3.63) is 0 Å². The summed E-state index contributed by atoms with van der Waals surface area (Å²) < 4.78 is 5.48. The summed E-state index contributed by atoms with van der Waals surface area (Å²) in [5.41, 5.74) is 0. The van der Waals surface area contributed by atoms with E-state index in [-0.39, 0.29) is 18.5 Å². The first kappa shape index (κ1) is 70.9. The van der Waals surface area contributed by atoms with Crippen molar-refractivity contribution in [2.24, 2.45) is 0 Å². The zero-order valence-electron chi connectivity index (χ0n) is 49.2. The highest BCUT2D eigenvalue weighted by Gasteiger charge is 2.20. The summed E-state index contributed by atoms with van der Waals surface area (Å²) in [5, 5.41) is 23.4. The highest BCUT2D eigenvalue weighted by molar-refractivity contribution is 5.76. The molecule has 72 heavy (non-hydrogen) atoms. The van der Waals surface area contributed by atoms with Gasteiger partial charge in [-0.3, -0.25) is 9.59 Å². The van der Waals surface area contributed by atoms with Crippen LogP contribution in [-0.2, 0) is 14.3 Å². The fourth-order valence-electron chi connectivity index (χ4n) is 10.8. The van der Waals surface area contributed by atoms with Gasteiger partial charge in [0.15, 0.2) is 0 Å². The molecule has 0 aliphatic rings. The number of rotatable bonds is 63. The Hall–Kier alpha value is -1.14. The van der Waals surface area contributed by atoms with Crippen LogP contribution >= 0.6 is 0 Å². The van der Waals surface area contributed by atoms with Gasteiger partial charge in [-0.15, -0.1) is 0 Å². The van der Waals surface area contributed by atoms with Gasteiger partial charge in [-0.2, -0.15) is 0 Å². The average molecular weight is 1020 g/mol. The summed E-state index contributed by atoms with van der Waals surface area (Å²) >= 11 is 0. The summed E-state index contributed by atoms with van der Waals surface area (Å²) in [7, 11) is 0. The molecule has 0 saturated carbocycles. The zero-order chi connectivity index (χ0) is 52.2. The third-order valence-corrected chi connectivity index (χ3v) is 15.9. The van der Waals surface area contributed by atoms with Crippen molar-refractivity contribution in [3.8, 4) is 0 Å². The summed E-state index contributed by atoms with van der Waals surface area (Å²) in [4.78, 5) is 24.5. The van der Waals surface area contributed by atoms with Crippen molar-refractivity contribution in [1.29, 1.82) is 0 Å². The Labute approximate surface area is 451 Å². The zero-order valence-corrected chi connectivity index (χ0v) is 49.2. The van der Waals surface area contributed by atoms with E-state index in [1.54, 1.807) is 0 Å². The van der Waals surface area contributed by atoms with Gasteiger partial charge in [0.2, 0.25) is 5.91 Å². The van der Waals surface area contributed by atoms with Crippen molar-refractivity contribution >= 4 is 11.9 Å². The lowest BCUT2D eigenvalue weighted by Crippen LogP contribution is -2.45. The Bertz CT molecular complexity index is 1040. The number of hydrogen-bond donors (Lipinski definition) is 3. The van der Waals surface area contributed by atoms with E-state index in [0.29, 0.717) is 25.9 Å². The van der Waals surface area contributed by atoms with Crippen LogP contribution in [0.1, 0.15) is 386 Å². The van der Waals surface area contributed by atoms with Crippen LogP contribution in [0.2, 0.25) is 0 Å². The Morgan fingerprint density at radius 3 is 0.847 bits per heavy atom. The first-order chi connectivity index (χ1) is 35.5. The van der Waals surface area contributed by atoms with Gasteiger partial charge in [-0.1, -0.05) is 348 Å². The smallest absolute Gasteiger partial charge is 0.305 e. The number of aliphatic hydroxyl groups is 2. The van der Waals surface area contributed by atoms with E-state index in [4.69, 9.17) is 4.74 Å². The standard InChI is InChI=1S/C66H131NO5/c1-3-5-7-9-11-13-15-17-18-19-29-32-35-38-42-46-50-54-58-64(69)63(62-68)67-65(70)59-55-51-47-43-39-36-33-30-27-25-23-21-20-22-24-26-28-31-34-37-41-45-49-53-57-61-72-66(71)60-56-52-48-44-40-16-14-12-10-8-6-4-2/h63-64,68-69H,3-62H2,1-2H3,(H,67,70). The van der Waals surface area contributed by atoms with E-state index < -0.39 is 12.1 Å². The molecule has 0 aliphatic carbocycles. The van der Waals surface area contributed by atoms with Crippen LogP contribution in [0.15, 0.2) is 0 Å². The number of carbonyl (C=O) groups is 2. The van der Waals surface area contributed by atoms with Gasteiger partial charge in [0, 0.05) is 12.8 Å². The number of amides is 1. The Morgan fingerprint density at radius 1 is 0.333 bits per heavy atom. The maximum atomic E-state index is 12.5. The number of unbranched alkanes of at least 4 members (excludes halogenated alkanes) is 52. The SMILES string of the molecule is CCCCCCCCCCCCCCCCCCCCC(O)C(CO)NC(=O)CCCCCCCCCCCCCCCCCCCCCCCCCCCOC(=O)CCCCCCCCCCCCCC. The van der Waals surface area contributed by atoms with Crippen molar-refractivity contribution in [1.82, 2.24) is 5.32 Å². The molecule has 0 saturated heterocycles. The Kier molecular flexibility index (Phi) is 61.4. The molecular formula is C66H131NO5. The Morgan fingerprint density at radius 2 is 0.569 bits per heavy atom. The van der Waals surface area contributed by atoms with Gasteiger partial charge in [-0.05, 0) is 25.7 Å². The molecule has 430 valence electrons. The van der Waals surface area contributed by atoms with Crippen LogP contribution in [0, 0.1) is 0 Å². The molecule has 6 nitrogen and oxygen atoms in total. The molecule has 0 spiro atoms. The summed E-state index contributed by atoms with van der Waals surface area (Å²) in [6.07, 6.45) is 74.2. The highest BCUT2D eigenvalue weighted by atomic mass is 16.5. The molecule has 0 radical (unpaired) electrons. The molecule has 0 rings (SSSR count). The largest absolute Gasteiger partial charge is 0.466 e. The van der Waals surface area contributed by atoms with Crippen LogP contribution in [-0.4, -0.2) is 47.4 Å². The maximum Gasteiger partial charge on any atom is 0.305 e. The summed E-state index contributed by atoms with van der Waals surface area (Å²) in [6.45, 7) is 4.99. The molecule has 2 atom stereocenters. The molecule has 0 fully saturated rings. The quantitative estimate of drug-likeness (QED) is 0.0417. The van der Waals surface area contributed by atoms with Crippen LogP contribution in [0.25, 0.3) is 0 Å². The van der Waals surface area contributed by atoms with Crippen molar-refractivity contribution < 1.29 is 24.5 Å². The van der Waals surface area contributed by atoms with E-state index in [1.807, 2.05) is 0 Å². The third kappa shape index (κ3) is 58.1. The van der Waals surface area contributed by atoms with E-state index in [0.717, 1.165) is 38.5 Å². The summed E-state index contributed by atoms with van der Waals surface area (Å²) in [6, 6.07) is -0.539. The molecular weight excluding hydrogens is 887 g/mol. The van der Waals surface area contributed by atoms with Gasteiger partial charge in [-0.25, -0.2) is 0 Å². The van der Waals surface area contributed by atoms with Crippen LogP contribution < -0.4 is 5.32 Å². The molecule has 1 amide bonds. The molecule has 0 aliphatic heterocycles.